The number of fused-ring (bicyclic) bond motifs is 1. The summed E-state index contributed by atoms with van der Waals surface area (Å²) < 4.78 is 24.4. The summed E-state index contributed by atoms with van der Waals surface area (Å²) in [5.74, 6) is 0.540. The number of hydrogen-bond donors (Lipinski definition) is 2. The molecule has 0 aliphatic rings. The van der Waals surface area contributed by atoms with Crippen molar-refractivity contribution in [3.05, 3.63) is 95.4 Å². The molecule has 3 aromatic carbocycles. The molecule has 32 heavy (non-hydrogen) atoms. The smallest absolute Gasteiger partial charge is 0.251 e. The highest BCUT2D eigenvalue weighted by Gasteiger charge is 2.21. The number of aromatic nitrogens is 1. The minimum Gasteiger partial charge on any atom is -0.493 e. The minimum atomic E-state index is -0.375. The van der Waals surface area contributed by atoms with Crippen LogP contribution in [0.15, 0.2) is 72.9 Å². The highest BCUT2D eigenvalue weighted by Crippen LogP contribution is 2.35. The van der Waals surface area contributed by atoms with Gasteiger partial charge in [0.25, 0.3) is 5.91 Å². The fourth-order valence-electron chi connectivity index (χ4n) is 3.86. The Morgan fingerprint density at radius 3 is 2.59 bits per heavy atom. The molecule has 0 spiro atoms. The van der Waals surface area contributed by atoms with Crippen molar-refractivity contribution in [2.45, 2.75) is 12.8 Å². The SMILES string of the molecule is CCOc1ccc([C@@H](CNC(=O)c2ccc(F)cc2)c2c[nH]c3ccccc23)cc1OC. The van der Waals surface area contributed by atoms with E-state index in [0.29, 0.717) is 30.2 Å². The quantitative estimate of drug-likeness (QED) is 0.398. The molecule has 0 bridgehead atoms. The first-order valence-corrected chi connectivity index (χ1v) is 10.5. The van der Waals surface area contributed by atoms with Gasteiger partial charge in [-0.2, -0.15) is 0 Å². The Balaban J connectivity index is 1.69. The molecule has 1 heterocycles. The largest absolute Gasteiger partial charge is 0.493 e. The summed E-state index contributed by atoms with van der Waals surface area (Å²) >= 11 is 0. The van der Waals surface area contributed by atoms with E-state index in [1.165, 1.54) is 24.3 Å². The summed E-state index contributed by atoms with van der Waals surface area (Å²) in [5, 5.41) is 4.08. The molecule has 0 fully saturated rings. The second kappa shape index (κ2) is 9.56. The van der Waals surface area contributed by atoms with Crippen LogP contribution in [0.4, 0.5) is 4.39 Å². The second-order valence-electron chi connectivity index (χ2n) is 7.40. The van der Waals surface area contributed by atoms with E-state index in [9.17, 15) is 9.18 Å². The Hall–Kier alpha value is -3.80. The van der Waals surface area contributed by atoms with Crippen LogP contribution in [0.2, 0.25) is 0 Å². The zero-order valence-electron chi connectivity index (χ0n) is 18.0. The number of carbonyl (C=O) groups excluding carboxylic acids is 1. The molecule has 0 aliphatic carbocycles. The van der Waals surface area contributed by atoms with E-state index in [-0.39, 0.29) is 17.6 Å². The number of carbonyl (C=O) groups is 1. The third-order valence-corrected chi connectivity index (χ3v) is 5.46. The van der Waals surface area contributed by atoms with Gasteiger partial charge >= 0.3 is 0 Å². The number of aromatic amines is 1. The maximum absolute atomic E-state index is 13.2. The Morgan fingerprint density at radius 2 is 1.84 bits per heavy atom. The number of benzene rings is 3. The number of amides is 1. The van der Waals surface area contributed by atoms with Crippen molar-refractivity contribution in [2.75, 3.05) is 20.3 Å². The molecule has 1 atom stereocenters. The van der Waals surface area contributed by atoms with Crippen LogP contribution in [0, 0.1) is 5.82 Å². The molecule has 2 N–H and O–H groups in total. The minimum absolute atomic E-state index is 0.139. The van der Waals surface area contributed by atoms with Gasteiger partial charge in [-0.25, -0.2) is 4.39 Å². The third kappa shape index (κ3) is 4.44. The van der Waals surface area contributed by atoms with E-state index in [4.69, 9.17) is 9.47 Å². The zero-order valence-corrected chi connectivity index (χ0v) is 18.0. The van der Waals surface area contributed by atoms with Crippen molar-refractivity contribution in [2.24, 2.45) is 0 Å². The van der Waals surface area contributed by atoms with Gasteiger partial charge in [-0.1, -0.05) is 24.3 Å². The molecule has 0 radical (unpaired) electrons. The van der Waals surface area contributed by atoms with Crippen molar-refractivity contribution in [1.29, 1.82) is 0 Å². The Morgan fingerprint density at radius 1 is 1.06 bits per heavy atom. The average molecular weight is 432 g/mol. The van der Waals surface area contributed by atoms with Gasteiger partial charge in [0.2, 0.25) is 0 Å². The van der Waals surface area contributed by atoms with Crippen LogP contribution in [-0.2, 0) is 0 Å². The van der Waals surface area contributed by atoms with E-state index in [0.717, 1.165) is 22.0 Å². The maximum atomic E-state index is 13.2. The number of H-pyrrole nitrogens is 1. The van der Waals surface area contributed by atoms with Crippen molar-refractivity contribution < 1.29 is 18.7 Å². The van der Waals surface area contributed by atoms with Gasteiger partial charge in [0.1, 0.15) is 5.82 Å². The first-order valence-electron chi connectivity index (χ1n) is 10.5. The molecule has 5 nitrogen and oxygen atoms in total. The van der Waals surface area contributed by atoms with Gasteiger partial charge in [0.15, 0.2) is 11.5 Å². The van der Waals surface area contributed by atoms with Crippen LogP contribution in [0.3, 0.4) is 0 Å². The second-order valence-corrected chi connectivity index (χ2v) is 7.40. The predicted molar refractivity (Wildman–Crippen MR) is 123 cm³/mol. The summed E-state index contributed by atoms with van der Waals surface area (Å²) in [4.78, 5) is 16.0. The van der Waals surface area contributed by atoms with Crippen molar-refractivity contribution in [3.63, 3.8) is 0 Å². The fourth-order valence-corrected chi connectivity index (χ4v) is 3.86. The number of para-hydroxylation sites is 1. The molecule has 1 aromatic heterocycles. The molecule has 0 saturated carbocycles. The van der Waals surface area contributed by atoms with E-state index in [1.54, 1.807) is 7.11 Å². The molecule has 6 heteroatoms. The third-order valence-electron chi connectivity index (χ3n) is 5.46. The van der Waals surface area contributed by atoms with Crippen molar-refractivity contribution in [1.82, 2.24) is 10.3 Å². The van der Waals surface area contributed by atoms with Crippen LogP contribution < -0.4 is 14.8 Å². The zero-order chi connectivity index (χ0) is 22.5. The molecule has 0 saturated heterocycles. The number of halogens is 1. The monoisotopic (exact) mass is 432 g/mol. The average Bonchev–Trinajstić information content (AvgIpc) is 3.24. The van der Waals surface area contributed by atoms with Gasteiger partial charge in [0, 0.05) is 35.1 Å². The van der Waals surface area contributed by atoms with Crippen LogP contribution >= 0.6 is 0 Å². The first kappa shape index (κ1) is 21.4. The number of rotatable bonds is 8. The molecule has 1 amide bonds. The Labute approximate surface area is 186 Å². The highest BCUT2D eigenvalue weighted by atomic mass is 19.1. The maximum Gasteiger partial charge on any atom is 0.251 e. The molecule has 164 valence electrons. The number of methoxy groups -OCH3 is 1. The van der Waals surface area contributed by atoms with Crippen LogP contribution in [0.5, 0.6) is 11.5 Å². The van der Waals surface area contributed by atoms with Gasteiger partial charge < -0.3 is 19.8 Å². The lowest BCUT2D eigenvalue weighted by Gasteiger charge is -2.20. The van der Waals surface area contributed by atoms with E-state index in [2.05, 4.69) is 16.4 Å². The molecular formula is C26H25FN2O3. The van der Waals surface area contributed by atoms with Gasteiger partial charge in [-0.05, 0) is 60.5 Å². The lowest BCUT2D eigenvalue weighted by Crippen LogP contribution is -2.29. The van der Waals surface area contributed by atoms with Crippen LogP contribution in [0.1, 0.15) is 34.3 Å². The van der Waals surface area contributed by atoms with Gasteiger partial charge in [0.05, 0.1) is 13.7 Å². The summed E-state index contributed by atoms with van der Waals surface area (Å²) in [6.07, 6.45) is 1.97. The first-order chi connectivity index (χ1) is 15.6. The van der Waals surface area contributed by atoms with Crippen molar-refractivity contribution in [3.8, 4) is 11.5 Å². The summed E-state index contributed by atoms with van der Waals surface area (Å²) in [6, 6.07) is 19.4. The summed E-state index contributed by atoms with van der Waals surface area (Å²) in [5.41, 5.74) is 3.48. The molecule has 4 rings (SSSR count). The molecular weight excluding hydrogens is 407 g/mol. The summed E-state index contributed by atoms with van der Waals surface area (Å²) in [6.45, 7) is 2.82. The topological polar surface area (TPSA) is 63.3 Å². The standard InChI is InChI=1S/C26H25FN2O3/c1-3-32-24-13-10-18(14-25(24)31-2)21(22-16-28-23-7-5-4-6-20(22)23)15-29-26(30)17-8-11-19(27)12-9-17/h4-14,16,21,28H,3,15H2,1-2H3,(H,29,30)/t21-/m1/s1. The highest BCUT2D eigenvalue weighted by molar-refractivity contribution is 5.94. The molecule has 0 unspecified atom stereocenters. The normalized spacial score (nSPS) is 11.8. The van der Waals surface area contributed by atoms with E-state index in [1.807, 2.05) is 49.5 Å². The lowest BCUT2D eigenvalue weighted by atomic mass is 9.90. The van der Waals surface area contributed by atoms with E-state index < -0.39 is 0 Å². The molecule has 4 aromatic rings. The Kier molecular flexibility index (Phi) is 6.40. The molecule has 0 aliphatic heterocycles. The lowest BCUT2D eigenvalue weighted by molar-refractivity contribution is 0.0952. The van der Waals surface area contributed by atoms with Crippen molar-refractivity contribution >= 4 is 16.8 Å². The predicted octanol–water partition coefficient (Wildman–Crippen LogP) is 5.28. The number of nitrogens with one attached hydrogen (secondary N) is 2. The number of hydrogen-bond acceptors (Lipinski definition) is 3. The van der Waals surface area contributed by atoms with E-state index >= 15 is 0 Å². The van der Waals surface area contributed by atoms with Gasteiger partial charge in [-0.15, -0.1) is 0 Å². The number of ether oxygens (including phenoxy) is 2. The summed E-state index contributed by atoms with van der Waals surface area (Å²) in [7, 11) is 1.61. The fraction of sp³-hybridized carbons (Fsp3) is 0.192. The van der Waals surface area contributed by atoms with Crippen LogP contribution in [0.25, 0.3) is 10.9 Å². The van der Waals surface area contributed by atoms with Crippen LogP contribution in [-0.4, -0.2) is 31.2 Å². The van der Waals surface area contributed by atoms with Gasteiger partial charge in [-0.3, -0.25) is 4.79 Å². The Bertz CT molecular complexity index is 1220.